The molecule has 1 nitrogen and oxygen atoms in total. The predicted octanol–water partition coefficient (Wildman–Crippen LogP) is 4.69. The Balaban J connectivity index is 1.64. The molecule has 22 heavy (non-hydrogen) atoms. The van der Waals surface area contributed by atoms with E-state index in [1.54, 1.807) is 0 Å². The van der Waals surface area contributed by atoms with Gasteiger partial charge in [-0.05, 0) is 27.8 Å². The lowest BCUT2D eigenvalue weighted by Crippen LogP contribution is -2.20. The normalized spacial score (nSPS) is 21.6. The van der Waals surface area contributed by atoms with E-state index in [1.165, 1.54) is 27.8 Å². The standard InChI is InChI=1S/C21H17N/c1-2-8-15(9-3-1)14-22-20-16-10-4-5-11-17(16)21(22)19-13-7-6-12-18(19)20/h1-13,20-21H,14H2. The Bertz CT molecular complexity index is 740. The Hall–Kier alpha value is -2.38. The number of rotatable bonds is 2. The molecule has 2 bridgehead atoms. The molecule has 2 aliphatic heterocycles. The van der Waals surface area contributed by atoms with Crippen LogP contribution in [0.2, 0.25) is 0 Å². The number of benzene rings is 3. The van der Waals surface area contributed by atoms with Gasteiger partial charge in [0, 0.05) is 6.54 Å². The van der Waals surface area contributed by atoms with E-state index in [0.29, 0.717) is 12.1 Å². The highest BCUT2D eigenvalue weighted by Crippen LogP contribution is 2.56. The summed E-state index contributed by atoms with van der Waals surface area (Å²) in [5, 5.41) is 0. The molecule has 0 radical (unpaired) electrons. The third-order valence-electron chi connectivity index (χ3n) is 5.04. The van der Waals surface area contributed by atoms with Crippen LogP contribution in [-0.4, -0.2) is 4.90 Å². The minimum absolute atomic E-state index is 0.414. The molecule has 0 unspecified atom stereocenters. The molecule has 3 aromatic rings. The molecule has 0 fully saturated rings. The highest BCUT2D eigenvalue weighted by Gasteiger charge is 2.46. The Morgan fingerprint density at radius 2 is 0.955 bits per heavy atom. The summed E-state index contributed by atoms with van der Waals surface area (Å²) in [4.78, 5) is 2.64. The molecule has 0 spiro atoms. The van der Waals surface area contributed by atoms with E-state index in [4.69, 9.17) is 0 Å². The van der Waals surface area contributed by atoms with Crippen LogP contribution in [0.5, 0.6) is 0 Å². The zero-order chi connectivity index (χ0) is 14.5. The van der Waals surface area contributed by atoms with Gasteiger partial charge in [0.05, 0.1) is 12.1 Å². The first kappa shape index (κ1) is 12.2. The second-order valence-electron chi connectivity index (χ2n) is 6.22. The van der Waals surface area contributed by atoms with Crippen molar-refractivity contribution in [3.63, 3.8) is 0 Å². The molecule has 0 aliphatic carbocycles. The summed E-state index contributed by atoms with van der Waals surface area (Å²) < 4.78 is 0. The molecule has 0 saturated heterocycles. The minimum Gasteiger partial charge on any atom is -0.277 e. The molecule has 1 heteroatoms. The summed E-state index contributed by atoms with van der Waals surface area (Å²) in [5.41, 5.74) is 7.34. The fraction of sp³-hybridized carbons (Fsp3) is 0.143. The fourth-order valence-corrected chi connectivity index (χ4v) is 4.19. The van der Waals surface area contributed by atoms with Gasteiger partial charge in [0.25, 0.3) is 0 Å². The quantitative estimate of drug-likeness (QED) is 0.659. The third kappa shape index (κ3) is 1.57. The van der Waals surface area contributed by atoms with E-state index >= 15 is 0 Å². The molecule has 2 aliphatic rings. The number of nitrogens with zero attached hydrogens (tertiary/aromatic N) is 1. The van der Waals surface area contributed by atoms with Crippen molar-refractivity contribution in [3.8, 4) is 0 Å². The van der Waals surface area contributed by atoms with E-state index in [0.717, 1.165) is 6.54 Å². The molecule has 0 saturated carbocycles. The number of hydrogen-bond donors (Lipinski definition) is 0. The van der Waals surface area contributed by atoms with Crippen molar-refractivity contribution in [1.82, 2.24) is 4.90 Å². The van der Waals surface area contributed by atoms with Crippen LogP contribution >= 0.6 is 0 Å². The van der Waals surface area contributed by atoms with Crippen molar-refractivity contribution < 1.29 is 0 Å². The van der Waals surface area contributed by atoms with Gasteiger partial charge in [0.1, 0.15) is 0 Å². The number of fused-ring (bicyclic) bond motifs is 8. The molecule has 0 N–H and O–H groups in total. The first-order valence-electron chi connectivity index (χ1n) is 7.91. The molecule has 106 valence electrons. The lowest BCUT2D eigenvalue weighted by Gasteiger charge is -2.22. The maximum Gasteiger partial charge on any atom is 0.0620 e. The molecule has 5 rings (SSSR count). The first-order valence-corrected chi connectivity index (χ1v) is 7.91. The van der Waals surface area contributed by atoms with Crippen LogP contribution in [0.3, 0.4) is 0 Å². The zero-order valence-corrected chi connectivity index (χ0v) is 12.3. The Labute approximate surface area is 130 Å². The molecule has 0 atom stereocenters. The van der Waals surface area contributed by atoms with E-state index in [2.05, 4.69) is 83.8 Å². The van der Waals surface area contributed by atoms with Crippen molar-refractivity contribution in [1.29, 1.82) is 0 Å². The average molecular weight is 283 g/mol. The largest absolute Gasteiger partial charge is 0.277 e. The van der Waals surface area contributed by atoms with E-state index < -0.39 is 0 Å². The van der Waals surface area contributed by atoms with Crippen LogP contribution in [0.15, 0.2) is 78.9 Å². The number of hydrogen-bond acceptors (Lipinski definition) is 1. The highest BCUT2D eigenvalue weighted by molar-refractivity contribution is 5.57. The summed E-state index contributed by atoms with van der Waals surface area (Å²) in [7, 11) is 0. The van der Waals surface area contributed by atoms with Crippen molar-refractivity contribution >= 4 is 0 Å². The van der Waals surface area contributed by atoms with Crippen molar-refractivity contribution in [2.75, 3.05) is 0 Å². The Kier molecular flexibility index (Phi) is 2.53. The molecule has 0 aromatic heterocycles. The second kappa shape index (κ2) is 4.56. The van der Waals surface area contributed by atoms with E-state index in [1.807, 2.05) is 0 Å². The third-order valence-corrected chi connectivity index (χ3v) is 5.04. The first-order chi connectivity index (χ1) is 10.9. The van der Waals surface area contributed by atoms with Crippen LogP contribution in [0.25, 0.3) is 0 Å². The maximum absolute atomic E-state index is 2.64. The van der Waals surface area contributed by atoms with Gasteiger partial charge in [-0.3, -0.25) is 4.90 Å². The van der Waals surface area contributed by atoms with Gasteiger partial charge in [0.15, 0.2) is 0 Å². The molecule has 2 heterocycles. The molecular formula is C21H17N. The highest BCUT2D eigenvalue weighted by atomic mass is 15.2. The summed E-state index contributed by atoms with van der Waals surface area (Å²) in [6.45, 7) is 1.000. The van der Waals surface area contributed by atoms with Crippen LogP contribution in [-0.2, 0) is 6.54 Å². The van der Waals surface area contributed by atoms with Crippen molar-refractivity contribution in [2.24, 2.45) is 0 Å². The van der Waals surface area contributed by atoms with Gasteiger partial charge in [-0.2, -0.15) is 0 Å². The maximum atomic E-state index is 2.64. The van der Waals surface area contributed by atoms with Crippen LogP contribution < -0.4 is 0 Å². The summed E-state index contributed by atoms with van der Waals surface area (Å²) >= 11 is 0. The Morgan fingerprint density at radius 1 is 0.545 bits per heavy atom. The van der Waals surface area contributed by atoms with Crippen LogP contribution in [0, 0.1) is 0 Å². The Morgan fingerprint density at radius 3 is 1.41 bits per heavy atom. The minimum atomic E-state index is 0.414. The summed E-state index contributed by atoms with van der Waals surface area (Å²) in [6, 6.07) is 29.5. The molecule has 0 amide bonds. The fourth-order valence-electron chi connectivity index (χ4n) is 4.19. The second-order valence-corrected chi connectivity index (χ2v) is 6.22. The monoisotopic (exact) mass is 283 g/mol. The molecular weight excluding hydrogens is 266 g/mol. The van der Waals surface area contributed by atoms with Gasteiger partial charge < -0.3 is 0 Å². The van der Waals surface area contributed by atoms with Crippen molar-refractivity contribution in [2.45, 2.75) is 18.6 Å². The van der Waals surface area contributed by atoms with E-state index in [-0.39, 0.29) is 0 Å². The van der Waals surface area contributed by atoms with Crippen LogP contribution in [0.1, 0.15) is 39.9 Å². The van der Waals surface area contributed by atoms with E-state index in [9.17, 15) is 0 Å². The predicted molar refractivity (Wildman–Crippen MR) is 88.6 cm³/mol. The van der Waals surface area contributed by atoms with Gasteiger partial charge in [-0.25, -0.2) is 0 Å². The molecule has 3 aromatic carbocycles. The van der Waals surface area contributed by atoms with Crippen molar-refractivity contribution in [3.05, 3.63) is 107 Å². The average Bonchev–Trinajstić information content (AvgIpc) is 3.06. The lowest BCUT2D eigenvalue weighted by molar-refractivity contribution is 0.228. The summed E-state index contributed by atoms with van der Waals surface area (Å²) in [5.74, 6) is 0. The van der Waals surface area contributed by atoms with Gasteiger partial charge in [-0.1, -0.05) is 78.9 Å². The smallest absolute Gasteiger partial charge is 0.0620 e. The zero-order valence-electron chi connectivity index (χ0n) is 12.3. The van der Waals surface area contributed by atoms with Gasteiger partial charge in [0.2, 0.25) is 0 Å². The lowest BCUT2D eigenvalue weighted by atomic mass is 9.86. The SMILES string of the molecule is c1ccc(CN2C3c4ccccc4C2c2ccccc23)cc1. The topological polar surface area (TPSA) is 3.24 Å². The van der Waals surface area contributed by atoms with Gasteiger partial charge in [-0.15, -0.1) is 0 Å². The van der Waals surface area contributed by atoms with Gasteiger partial charge >= 0.3 is 0 Å². The van der Waals surface area contributed by atoms with Crippen LogP contribution in [0.4, 0.5) is 0 Å². The summed E-state index contributed by atoms with van der Waals surface area (Å²) in [6.07, 6.45) is 0.